The standard InChI is InChI=1S/C22H28N6O3/c1-16-15-20(25-22(23-16)24-17-7-3-2-4-8-17)26-11-13-27(14-12-26)21(29)18-9-5-6-10-19(18)28(30)31/h5-6,9-10,15,17H,2-4,7-8,11-14H2,1H3,(H,23,24,25). The molecule has 4 rings (SSSR count). The van der Waals surface area contributed by atoms with E-state index in [9.17, 15) is 14.9 Å². The molecule has 2 fully saturated rings. The maximum absolute atomic E-state index is 12.9. The summed E-state index contributed by atoms with van der Waals surface area (Å²) in [5, 5.41) is 14.7. The number of nitro groups is 1. The Morgan fingerprint density at radius 1 is 1.10 bits per heavy atom. The lowest BCUT2D eigenvalue weighted by Gasteiger charge is -2.35. The average Bonchev–Trinajstić information content (AvgIpc) is 2.79. The molecule has 9 heteroatoms. The molecule has 0 atom stereocenters. The quantitative estimate of drug-likeness (QED) is 0.579. The first-order valence-corrected chi connectivity index (χ1v) is 10.9. The number of hydrogen-bond donors (Lipinski definition) is 1. The number of aromatic nitrogens is 2. The fraction of sp³-hybridized carbons (Fsp3) is 0.500. The third kappa shape index (κ3) is 4.92. The molecule has 0 radical (unpaired) electrons. The molecule has 0 spiro atoms. The van der Waals surface area contributed by atoms with E-state index < -0.39 is 4.92 Å². The number of rotatable bonds is 5. The van der Waals surface area contributed by atoms with Crippen LogP contribution in [-0.2, 0) is 0 Å². The number of amides is 1. The average molecular weight is 425 g/mol. The van der Waals surface area contributed by atoms with Crippen LogP contribution in [0.1, 0.15) is 48.2 Å². The van der Waals surface area contributed by atoms with E-state index in [0.29, 0.717) is 38.2 Å². The Morgan fingerprint density at radius 2 is 1.81 bits per heavy atom. The number of piperazine rings is 1. The minimum Gasteiger partial charge on any atom is -0.353 e. The van der Waals surface area contributed by atoms with Crippen LogP contribution in [0, 0.1) is 17.0 Å². The van der Waals surface area contributed by atoms with Crippen LogP contribution in [0.15, 0.2) is 30.3 Å². The van der Waals surface area contributed by atoms with Crippen LogP contribution in [0.25, 0.3) is 0 Å². The van der Waals surface area contributed by atoms with Gasteiger partial charge in [0.05, 0.1) is 4.92 Å². The van der Waals surface area contributed by atoms with Crippen molar-refractivity contribution in [2.75, 3.05) is 36.4 Å². The van der Waals surface area contributed by atoms with Gasteiger partial charge in [-0.2, -0.15) is 4.98 Å². The molecular formula is C22H28N6O3. The predicted molar refractivity (Wildman–Crippen MR) is 118 cm³/mol. The van der Waals surface area contributed by atoms with Gasteiger partial charge in [0, 0.05) is 50.0 Å². The normalized spacial score (nSPS) is 17.5. The molecule has 2 aliphatic rings. The predicted octanol–water partition coefficient (Wildman–Crippen LogP) is 3.40. The van der Waals surface area contributed by atoms with E-state index in [-0.39, 0.29) is 17.2 Å². The summed E-state index contributed by atoms with van der Waals surface area (Å²) < 4.78 is 0. The Morgan fingerprint density at radius 3 is 2.52 bits per heavy atom. The summed E-state index contributed by atoms with van der Waals surface area (Å²) in [6, 6.07) is 8.51. The second-order valence-electron chi connectivity index (χ2n) is 8.22. The number of hydrogen-bond acceptors (Lipinski definition) is 7. The molecule has 1 N–H and O–H groups in total. The number of aryl methyl sites for hydroxylation is 1. The summed E-state index contributed by atoms with van der Waals surface area (Å²) in [7, 11) is 0. The van der Waals surface area contributed by atoms with Crippen LogP contribution < -0.4 is 10.2 Å². The van der Waals surface area contributed by atoms with Gasteiger partial charge >= 0.3 is 0 Å². The number of nitrogens with zero attached hydrogens (tertiary/aromatic N) is 5. The molecule has 2 aromatic rings. The third-order valence-electron chi connectivity index (χ3n) is 6.00. The molecule has 1 aromatic heterocycles. The van der Waals surface area contributed by atoms with E-state index >= 15 is 0 Å². The highest BCUT2D eigenvalue weighted by molar-refractivity contribution is 5.98. The van der Waals surface area contributed by atoms with Crippen molar-refractivity contribution < 1.29 is 9.72 Å². The maximum Gasteiger partial charge on any atom is 0.282 e. The lowest BCUT2D eigenvalue weighted by molar-refractivity contribution is -0.385. The van der Waals surface area contributed by atoms with Gasteiger partial charge in [-0.15, -0.1) is 0 Å². The summed E-state index contributed by atoms with van der Waals surface area (Å²) >= 11 is 0. The van der Waals surface area contributed by atoms with Crippen LogP contribution >= 0.6 is 0 Å². The monoisotopic (exact) mass is 424 g/mol. The highest BCUT2D eigenvalue weighted by atomic mass is 16.6. The van der Waals surface area contributed by atoms with E-state index in [1.807, 2.05) is 13.0 Å². The minimum atomic E-state index is -0.506. The Bertz CT molecular complexity index is 952. The lowest BCUT2D eigenvalue weighted by atomic mass is 9.96. The number of carbonyl (C=O) groups is 1. The first-order chi connectivity index (χ1) is 15.0. The minimum absolute atomic E-state index is 0.137. The Hall–Kier alpha value is -3.23. The van der Waals surface area contributed by atoms with Crippen LogP contribution in [0.5, 0.6) is 0 Å². The zero-order chi connectivity index (χ0) is 21.8. The molecule has 1 aliphatic carbocycles. The smallest absolute Gasteiger partial charge is 0.282 e. The van der Waals surface area contributed by atoms with Crippen molar-refractivity contribution in [2.45, 2.75) is 45.1 Å². The van der Waals surface area contributed by atoms with Gasteiger partial charge in [0.2, 0.25) is 5.95 Å². The Kier molecular flexibility index (Phi) is 6.29. The van der Waals surface area contributed by atoms with Crippen LogP contribution in [0.3, 0.4) is 0 Å². The van der Waals surface area contributed by atoms with Gasteiger partial charge in [-0.25, -0.2) is 4.98 Å². The molecular weight excluding hydrogens is 396 g/mol. The molecule has 1 amide bonds. The first kappa shape index (κ1) is 21.0. The molecule has 1 saturated carbocycles. The summed E-state index contributed by atoms with van der Waals surface area (Å²) in [4.78, 5) is 36.7. The lowest BCUT2D eigenvalue weighted by Crippen LogP contribution is -2.49. The van der Waals surface area contributed by atoms with Crippen molar-refractivity contribution in [3.05, 3.63) is 51.7 Å². The highest BCUT2D eigenvalue weighted by Crippen LogP contribution is 2.24. The van der Waals surface area contributed by atoms with Crippen molar-refractivity contribution in [1.29, 1.82) is 0 Å². The molecule has 1 aromatic carbocycles. The van der Waals surface area contributed by atoms with Crippen molar-refractivity contribution >= 4 is 23.4 Å². The SMILES string of the molecule is Cc1cc(N2CCN(C(=O)c3ccccc3[N+](=O)[O-])CC2)nc(NC2CCCCC2)n1. The van der Waals surface area contributed by atoms with Crippen LogP contribution in [-0.4, -0.2) is 57.9 Å². The number of nitrogens with one attached hydrogen (secondary N) is 1. The largest absolute Gasteiger partial charge is 0.353 e. The second-order valence-corrected chi connectivity index (χ2v) is 8.22. The molecule has 164 valence electrons. The topological polar surface area (TPSA) is 104 Å². The molecule has 0 unspecified atom stereocenters. The third-order valence-corrected chi connectivity index (χ3v) is 6.00. The second kappa shape index (κ2) is 9.28. The molecule has 2 heterocycles. The van der Waals surface area contributed by atoms with Crippen LogP contribution in [0.2, 0.25) is 0 Å². The number of benzene rings is 1. The number of para-hydroxylation sites is 1. The zero-order valence-corrected chi connectivity index (χ0v) is 17.8. The fourth-order valence-corrected chi connectivity index (χ4v) is 4.33. The van der Waals surface area contributed by atoms with Gasteiger partial charge in [-0.3, -0.25) is 14.9 Å². The molecule has 0 bridgehead atoms. The molecule has 1 aliphatic heterocycles. The highest BCUT2D eigenvalue weighted by Gasteiger charge is 2.28. The van der Waals surface area contributed by atoms with Crippen LogP contribution in [0.4, 0.5) is 17.5 Å². The summed E-state index contributed by atoms with van der Waals surface area (Å²) in [5.74, 6) is 1.22. The van der Waals surface area contributed by atoms with Crippen molar-refractivity contribution in [1.82, 2.24) is 14.9 Å². The maximum atomic E-state index is 12.9. The van der Waals surface area contributed by atoms with E-state index in [2.05, 4.69) is 15.2 Å². The molecule has 31 heavy (non-hydrogen) atoms. The Labute approximate surface area is 181 Å². The van der Waals surface area contributed by atoms with Crippen molar-refractivity contribution in [3.63, 3.8) is 0 Å². The van der Waals surface area contributed by atoms with E-state index in [0.717, 1.165) is 24.4 Å². The van der Waals surface area contributed by atoms with Crippen molar-refractivity contribution in [3.8, 4) is 0 Å². The summed E-state index contributed by atoms with van der Waals surface area (Å²) in [6.45, 7) is 4.17. The number of carbonyl (C=O) groups excluding carboxylic acids is 1. The van der Waals surface area contributed by atoms with Crippen molar-refractivity contribution in [2.24, 2.45) is 0 Å². The van der Waals surface area contributed by atoms with Gasteiger partial charge in [-0.1, -0.05) is 31.4 Å². The summed E-state index contributed by atoms with van der Waals surface area (Å²) in [6.07, 6.45) is 6.09. The van der Waals surface area contributed by atoms with E-state index in [4.69, 9.17) is 4.98 Å². The van der Waals surface area contributed by atoms with Gasteiger partial charge < -0.3 is 15.1 Å². The summed E-state index contributed by atoms with van der Waals surface area (Å²) in [5.41, 5.74) is 0.888. The molecule has 1 saturated heterocycles. The molecule has 9 nitrogen and oxygen atoms in total. The van der Waals surface area contributed by atoms with Gasteiger partial charge in [-0.05, 0) is 25.8 Å². The Balaban J connectivity index is 1.42. The fourth-order valence-electron chi connectivity index (χ4n) is 4.33. The van der Waals surface area contributed by atoms with Gasteiger partial charge in [0.25, 0.3) is 11.6 Å². The first-order valence-electron chi connectivity index (χ1n) is 10.9. The number of anilines is 2. The van der Waals surface area contributed by atoms with E-state index in [1.165, 1.54) is 31.4 Å². The van der Waals surface area contributed by atoms with Gasteiger partial charge in [0.15, 0.2) is 0 Å². The zero-order valence-electron chi connectivity index (χ0n) is 17.8. The van der Waals surface area contributed by atoms with E-state index in [1.54, 1.807) is 17.0 Å². The number of nitro benzene ring substituents is 1. The van der Waals surface area contributed by atoms with Gasteiger partial charge in [0.1, 0.15) is 11.4 Å².